The Bertz CT molecular complexity index is 769. The lowest BCUT2D eigenvalue weighted by Gasteiger charge is -2.45. The number of halogens is 1. The van der Waals surface area contributed by atoms with E-state index in [2.05, 4.69) is 9.98 Å². The number of anilines is 1. The molecule has 1 aromatic carbocycles. The largest absolute Gasteiger partial charge is 0.459 e. The van der Waals surface area contributed by atoms with Crippen molar-refractivity contribution in [2.45, 2.75) is 57.7 Å². The van der Waals surface area contributed by atoms with Gasteiger partial charge in [-0.15, -0.1) is 0 Å². The van der Waals surface area contributed by atoms with E-state index >= 15 is 0 Å². The van der Waals surface area contributed by atoms with Gasteiger partial charge >= 0.3 is 5.97 Å². The zero-order valence-electron chi connectivity index (χ0n) is 15.0. The summed E-state index contributed by atoms with van der Waals surface area (Å²) in [7, 11) is 0. The van der Waals surface area contributed by atoms with E-state index in [1.807, 2.05) is 4.90 Å². The highest BCUT2D eigenvalue weighted by Gasteiger charge is 2.43. The number of esters is 1. The molecule has 1 aliphatic heterocycles. The average Bonchev–Trinajstić information content (AvgIpc) is 2.55. The van der Waals surface area contributed by atoms with Crippen LogP contribution in [0.1, 0.15) is 56.3 Å². The van der Waals surface area contributed by atoms with Gasteiger partial charge in [-0.25, -0.2) is 9.79 Å². The second kappa shape index (κ2) is 7.15. The van der Waals surface area contributed by atoms with Crippen molar-refractivity contribution in [3.05, 3.63) is 28.8 Å². The summed E-state index contributed by atoms with van der Waals surface area (Å²) >= 11 is 6.46. The van der Waals surface area contributed by atoms with Gasteiger partial charge in [0.1, 0.15) is 5.66 Å². The van der Waals surface area contributed by atoms with Gasteiger partial charge in [-0.2, -0.15) is 4.99 Å². The Morgan fingerprint density at radius 3 is 2.62 bits per heavy atom. The summed E-state index contributed by atoms with van der Waals surface area (Å²) < 4.78 is 5.29. The highest BCUT2D eigenvalue weighted by molar-refractivity contribution is 6.34. The molecule has 140 valence electrons. The van der Waals surface area contributed by atoms with Gasteiger partial charge in [0.2, 0.25) is 11.9 Å². The molecule has 7 nitrogen and oxygen atoms in total. The molecule has 0 amide bonds. The van der Waals surface area contributed by atoms with Crippen molar-refractivity contribution >= 4 is 35.2 Å². The Balaban J connectivity index is 2.05. The molecule has 1 saturated carbocycles. The lowest BCUT2D eigenvalue weighted by molar-refractivity contribution is 0.0378. The number of nitrogens with zero attached hydrogens (tertiary/aromatic N) is 3. The van der Waals surface area contributed by atoms with Crippen molar-refractivity contribution in [3.8, 4) is 0 Å². The molecule has 1 heterocycles. The number of benzene rings is 1. The molecule has 1 fully saturated rings. The van der Waals surface area contributed by atoms with E-state index < -0.39 is 11.6 Å². The van der Waals surface area contributed by atoms with Crippen LogP contribution >= 0.6 is 11.6 Å². The maximum Gasteiger partial charge on any atom is 0.338 e. The fourth-order valence-electron chi connectivity index (χ4n) is 3.56. The monoisotopic (exact) mass is 377 g/mol. The van der Waals surface area contributed by atoms with Crippen molar-refractivity contribution in [1.82, 2.24) is 0 Å². The molecule has 1 aliphatic carbocycles. The topological polar surface area (TPSA) is 106 Å². The normalized spacial score (nSPS) is 19.3. The number of guanidine groups is 2. The fraction of sp³-hybridized carbons (Fsp3) is 0.500. The highest BCUT2D eigenvalue weighted by Crippen LogP contribution is 2.42. The molecule has 0 atom stereocenters. The van der Waals surface area contributed by atoms with Crippen LogP contribution in [0.2, 0.25) is 5.02 Å². The number of nitrogens with two attached hydrogens (primary N) is 2. The van der Waals surface area contributed by atoms with Gasteiger partial charge in [-0.1, -0.05) is 18.0 Å². The van der Waals surface area contributed by atoms with Gasteiger partial charge < -0.3 is 16.2 Å². The van der Waals surface area contributed by atoms with Crippen LogP contribution in [0, 0.1) is 0 Å². The first-order valence-corrected chi connectivity index (χ1v) is 9.20. The molecule has 1 aromatic rings. The molecule has 4 N–H and O–H groups in total. The van der Waals surface area contributed by atoms with Gasteiger partial charge in [-0.05, 0) is 57.7 Å². The third-order valence-corrected chi connectivity index (χ3v) is 4.94. The minimum absolute atomic E-state index is 0.173. The number of aliphatic imine (C=N–C) groups is 2. The Hall–Kier alpha value is -2.28. The molecule has 8 heteroatoms. The van der Waals surface area contributed by atoms with Gasteiger partial charge in [0, 0.05) is 0 Å². The van der Waals surface area contributed by atoms with Crippen LogP contribution in [0.25, 0.3) is 0 Å². The summed E-state index contributed by atoms with van der Waals surface area (Å²) in [6, 6.07) is 4.99. The molecular formula is C18H24ClN5O2. The maximum absolute atomic E-state index is 12.3. The molecule has 0 unspecified atom stereocenters. The van der Waals surface area contributed by atoms with E-state index in [-0.39, 0.29) is 18.0 Å². The van der Waals surface area contributed by atoms with Crippen LogP contribution in [0.3, 0.4) is 0 Å². The third-order valence-electron chi connectivity index (χ3n) is 4.62. The number of ether oxygens (including phenoxy) is 1. The summed E-state index contributed by atoms with van der Waals surface area (Å²) in [6.07, 6.45) is 4.52. The van der Waals surface area contributed by atoms with Crippen LogP contribution < -0.4 is 16.4 Å². The number of carbonyl (C=O) groups is 1. The van der Waals surface area contributed by atoms with Crippen molar-refractivity contribution in [3.63, 3.8) is 0 Å². The summed E-state index contributed by atoms with van der Waals surface area (Å²) in [4.78, 5) is 22.9. The first-order valence-electron chi connectivity index (χ1n) is 8.83. The van der Waals surface area contributed by atoms with Crippen molar-refractivity contribution in [1.29, 1.82) is 0 Å². The van der Waals surface area contributed by atoms with E-state index in [0.29, 0.717) is 16.3 Å². The minimum atomic E-state index is -0.613. The summed E-state index contributed by atoms with van der Waals surface area (Å²) in [5.74, 6) is -0.00559. The number of rotatable bonds is 3. The fourth-order valence-corrected chi connectivity index (χ4v) is 3.77. The zero-order valence-corrected chi connectivity index (χ0v) is 15.8. The van der Waals surface area contributed by atoms with E-state index in [0.717, 1.165) is 32.1 Å². The van der Waals surface area contributed by atoms with Gasteiger partial charge in [-0.3, -0.25) is 4.90 Å². The van der Waals surface area contributed by atoms with Gasteiger partial charge in [0.25, 0.3) is 0 Å². The van der Waals surface area contributed by atoms with Crippen LogP contribution in [-0.2, 0) is 4.74 Å². The smallest absolute Gasteiger partial charge is 0.338 e. The lowest BCUT2D eigenvalue weighted by Crippen LogP contribution is -2.58. The first kappa shape index (κ1) is 18.5. The van der Waals surface area contributed by atoms with E-state index in [4.69, 9.17) is 27.8 Å². The molecule has 0 bridgehead atoms. The van der Waals surface area contributed by atoms with E-state index in [9.17, 15) is 4.79 Å². The van der Waals surface area contributed by atoms with Gasteiger partial charge in [0.05, 0.1) is 22.4 Å². The van der Waals surface area contributed by atoms with E-state index in [1.165, 1.54) is 0 Å². The minimum Gasteiger partial charge on any atom is -0.459 e. The number of hydrogen-bond donors (Lipinski definition) is 2. The predicted octanol–water partition coefficient (Wildman–Crippen LogP) is 3.02. The summed E-state index contributed by atoms with van der Waals surface area (Å²) in [5, 5.41) is 0.463. The number of carbonyl (C=O) groups excluding carboxylic acids is 1. The first-order chi connectivity index (χ1) is 12.3. The Morgan fingerprint density at radius 2 is 1.96 bits per heavy atom. The molecule has 0 radical (unpaired) electrons. The highest BCUT2D eigenvalue weighted by atomic mass is 35.5. The maximum atomic E-state index is 12.3. The summed E-state index contributed by atoms with van der Waals surface area (Å²) in [6.45, 7) is 3.61. The van der Waals surface area contributed by atoms with Crippen molar-refractivity contribution < 1.29 is 9.53 Å². The second-order valence-electron chi connectivity index (χ2n) is 6.94. The Morgan fingerprint density at radius 1 is 1.27 bits per heavy atom. The Kier molecular flexibility index (Phi) is 5.09. The van der Waals surface area contributed by atoms with E-state index in [1.54, 1.807) is 32.0 Å². The zero-order chi connectivity index (χ0) is 18.9. The SMILES string of the molecule is CC(C)OC(=O)c1ccc(Cl)c(N2C(N)=NC(N)=NC23CCCCC3)c1. The molecule has 0 saturated heterocycles. The molecule has 0 aromatic heterocycles. The van der Waals surface area contributed by atoms with Crippen molar-refractivity contribution in [2.75, 3.05) is 4.90 Å². The van der Waals surface area contributed by atoms with Crippen LogP contribution in [0.4, 0.5) is 5.69 Å². The second-order valence-corrected chi connectivity index (χ2v) is 7.35. The Labute approximate surface area is 158 Å². The molecule has 1 spiro atoms. The third kappa shape index (κ3) is 3.49. The predicted molar refractivity (Wildman–Crippen MR) is 104 cm³/mol. The standard InChI is InChI=1S/C18H24ClN5O2/c1-11(2)26-15(25)12-6-7-13(19)14(10-12)24-17(21)22-16(20)23-18(24)8-4-3-5-9-18/h6-7,10-11H,3-5,8-9H2,1-2H3,(H4,20,21,22,23). The molecule has 3 rings (SSSR count). The molecule has 26 heavy (non-hydrogen) atoms. The van der Waals surface area contributed by atoms with Crippen LogP contribution in [0.15, 0.2) is 28.2 Å². The number of hydrogen-bond acceptors (Lipinski definition) is 7. The van der Waals surface area contributed by atoms with Gasteiger partial charge in [0.15, 0.2) is 0 Å². The lowest BCUT2D eigenvalue weighted by atomic mass is 9.87. The average molecular weight is 378 g/mol. The van der Waals surface area contributed by atoms with Crippen LogP contribution in [-0.4, -0.2) is 29.7 Å². The van der Waals surface area contributed by atoms with Crippen molar-refractivity contribution in [2.24, 2.45) is 21.5 Å². The van der Waals surface area contributed by atoms with Crippen LogP contribution in [0.5, 0.6) is 0 Å². The molecule has 2 aliphatic rings. The summed E-state index contributed by atoms with van der Waals surface area (Å²) in [5.41, 5.74) is 12.5. The molecular weight excluding hydrogens is 354 g/mol. The quantitative estimate of drug-likeness (QED) is 0.787.